The van der Waals surface area contributed by atoms with Gasteiger partial charge in [-0.2, -0.15) is 0 Å². The van der Waals surface area contributed by atoms with Crippen molar-refractivity contribution in [2.75, 3.05) is 19.6 Å². The van der Waals surface area contributed by atoms with E-state index in [1.165, 1.54) is 36.0 Å². The lowest BCUT2D eigenvalue weighted by Crippen LogP contribution is -2.37. The predicted molar refractivity (Wildman–Crippen MR) is 82.7 cm³/mol. The minimum absolute atomic E-state index is 0.304. The van der Waals surface area contributed by atoms with Gasteiger partial charge in [0, 0.05) is 32.6 Å². The van der Waals surface area contributed by atoms with Gasteiger partial charge in [-0.05, 0) is 49.8 Å². The standard InChI is InChI=1S/C17H26N2O/c1-14-7-6-8-15(2)16(14)13-18-10-9-17(20)19-11-4-3-5-12-19/h6-8,18H,3-5,9-13H2,1-2H3. The molecule has 1 saturated heterocycles. The summed E-state index contributed by atoms with van der Waals surface area (Å²) < 4.78 is 0. The molecule has 0 radical (unpaired) electrons. The van der Waals surface area contributed by atoms with Crippen molar-refractivity contribution in [2.45, 2.75) is 46.1 Å². The van der Waals surface area contributed by atoms with Crippen LogP contribution in [0.15, 0.2) is 18.2 Å². The van der Waals surface area contributed by atoms with E-state index in [9.17, 15) is 4.79 Å². The van der Waals surface area contributed by atoms with E-state index in [0.29, 0.717) is 12.3 Å². The average Bonchev–Trinajstić information content (AvgIpc) is 2.46. The van der Waals surface area contributed by atoms with E-state index < -0.39 is 0 Å². The number of aryl methyl sites for hydroxylation is 2. The second kappa shape index (κ2) is 7.44. The molecule has 110 valence electrons. The van der Waals surface area contributed by atoms with Gasteiger partial charge in [0.25, 0.3) is 0 Å². The summed E-state index contributed by atoms with van der Waals surface area (Å²) in [5, 5.41) is 3.41. The van der Waals surface area contributed by atoms with Gasteiger partial charge < -0.3 is 10.2 Å². The molecule has 1 heterocycles. The Bertz CT molecular complexity index is 430. The van der Waals surface area contributed by atoms with Crippen molar-refractivity contribution in [1.82, 2.24) is 10.2 Å². The van der Waals surface area contributed by atoms with E-state index in [-0.39, 0.29) is 0 Å². The van der Waals surface area contributed by atoms with Crippen LogP contribution < -0.4 is 5.32 Å². The number of carbonyl (C=O) groups is 1. The first kappa shape index (κ1) is 15.0. The summed E-state index contributed by atoms with van der Waals surface area (Å²) >= 11 is 0. The fraction of sp³-hybridized carbons (Fsp3) is 0.588. The molecule has 0 spiro atoms. The molecule has 1 aliphatic heterocycles. The zero-order chi connectivity index (χ0) is 14.4. The van der Waals surface area contributed by atoms with Crippen molar-refractivity contribution >= 4 is 5.91 Å². The van der Waals surface area contributed by atoms with Crippen molar-refractivity contribution in [1.29, 1.82) is 0 Å². The first-order chi connectivity index (χ1) is 9.68. The zero-order valence-electron chi connectivity index (χ0n) is 12.7. The first-order valence-corrected chi connectivity index (χ1v) is 7.72. The van der Waals surface area contributed by atoms with Crippen LogP contribution in [0.3, 0.4) is 0 Å². The van der Waals surface area contributed by atoms with E-state index in [0.717, 1.165) is 26.2 Å². The summed E-state index contributed by atoms with van der Waals surface area (Å²) in [5.41, 5.74) is 4.00. The Balaban J connectivity index is 1.72. The number of amides is 1. The molecular formula is C17H26N2O. The molecule has 3 heteroatoms. The first-order valence-electron chi connectivity index (χ1n) is 7.72. The van der Waals surface area contributed by atoms with Crippen molar-refractivity contribution in [3.05, 3.63) is 34.9 Å². The molecule has 0 aliphatic carbocycles. The van der Waals surface area contributed by atoms with Gasteiger partial charge in [0.15, 0.2) is 0 Å². The van der Waals surface area contributed by atoms with Crippen LogP contribution in [-0.2, 0) is 11.3 Å². The van der Waals surface area contributed by atoms with Crippen molar-refractivity contribution in [3.8, 4) is 0 Å². The Morgan fingerprint density at radius 1 is 1.15 bits per heavy atom. The minimum atomic E-state index is 0.304. The fourth-order valence-electron chi connectivity index (χ4n) is 2.84. The maximum atomic E-state index is 12.0. The number of hydrogen-bond acceptors (Lipinski definition) is 2. The van der Waals surface area contributed by atoms with Gasteiger partial charge in [-0.1, -0.05) is 18.2 Å². The molecule has 0 aromatic heterocycles. The highest BCUT2D eigenvalue weighted by Crippen LogP contribution is 2.13. The van der Waals surface area contributed by atoms with E-state index in [1.807, 2.05) is 4.90 Å². The number of nitrogens with one attached hydrogen (secondary N) is 1. The molecule has 0 saturated carbocycles. The van der Waals surface area contributed by atoms with E-state index in [1.54, 1.807) is 0 Å². The van der Waals surface area contributed by atoms with E-state index in [4.69, 9.17) is 0 Å². The van der Waals surface area contributed by atoms with Crippen LogP contribution in [0.5, 0.6) is 0 Å². The second-order valence-corrected chi connectivity index (χ2v) is 5.74. The van der Waals surface area contributed by atoms with Crippen LogP contribution in [0.1, 0.15) is 42.4 Å². The number of piperidine rings is 1. The predicted octanol–water partition coefficient (Wildman–Crippen LogP) is 2.80. The maximum Gasteiger partial charge on any atom is 0.223 e. The number of rotatable bonds is 5. The van der Waals surface area contributed by atoms with Crippen molar-refractivity contribution in [3.63, 3.8) is 0 Å². The van der Waals surface area contributed by atoms with Crippen LogP contribution in [0, 0.1) is 13.8 Å². The SMILES string of the molecule is Cc1cccc(C)c1CNCCC(=O)N1CCCCC1. The van der Waals surface area contributed by atoms with Gasteiger partial charge >= 0.3 is 0 Å². The number of benzene rings is 1. The number of carbonyl (C=O) groups excluding carboxylic acids is 1. The van der Waals surface area contributed by atoms with Crippen molar-refractivity contribution < 1.29 is 4.79 Å². The Morgan fingerprint density at radius 2 is 1.80 bits per heavy atom. The number of likely N-dealkylation sites (tertiary alicyclic amines) is 1. The van der Waals surface area contributed by atoms with Crippen LogP contribution in [0.25, 0.3) is 0 Å². The van der Waals surface area contributed by atoms with Gasteiger partial charge in [0.05, 0.1) is 0 Å². The topological polar surface area (TPSA) is 32.3 Å². The Hall–Kier alpha value is -1.35. The molecule has 1 amide bonds. The monoisotopic (exact) mass is 274 g/mol. The highest BCUT2D eigenvalue weighted by atomic mass is 16.2. The summed E-state index contributed by atoms with van der Waals surface area (Å²) in [6, 6.07) is 6.37. The quantitative estimate of drug-likeness (QED) is 0.837. The Morgan fingerprint density at radius 3 is 2.45 bits per heavy atom. The van der Waals surface area contributed by atoms with Gasteiger partial charge in [0.2, 0.25) is 5.91 Å². The van der Waals surface area contributed by atoms with Crippen LogP contribution in [0.4, 0.5) is 0 Å². The van der Waals surface area contributed by atoms with Gasteiger partial charge in [0.1, 0.15) is 0 Å². The molecule has 20 heavy (non-hydrogen) atoms. The summed E-state index contributed by atoms with van der Waals surface area (Å²) in [6.45, 7) is 7.81. The van der Waals surface area contributed by atoms with Gasteiger partial charge in [-0.25, -0.2) is 0 Å². The second-order valence-electron chi connectivity index (χ2n) is 5.74. The third-order valence-electron chi connectivity index (χ3n) is 4.17. The van der Waals surface area contributed by atoms with E-state index in [2.05, 4.69) is 37.4 Å². The third-order valence-corrected chi connectivity index (χ3v) is 4.17. The molecule has 1 aliphatic rings. The van der Waals surface area contributed by atoms with Crippen LogP contribution in [0.2, 0.25) is 0 Å². The molecule has 0 unspecified atom stereocenters. The minimum Gasteiger partial charge on any atom is -0.343 e. The normalized spacial score (nSPS) is 15.4. The van der Waals surface area contributed by atoms with Gasteiger partial charge in [-0.3, -0.25) is 4.79 Å². The zero-order valence-corrected chi connectivity index (χ0v) is 12.7. The molecule has 2 rings (SSSR count). The number of nitrogens with zero attached hydrogens (tertiary/aromatic N) is 1. The molecule has 1 aromatic carbocycles. The smallest absolute Gasteiger partial charge is 0.223 e. The molecular weight excluding hydrogens is 248 g/mol. The lowest BCUT2D eigenvalue weighted by atomic mass is 10.0. The molecule has 1 aromatic rings. The Labute approximate surface area is 122 Å². The van der Waals surface area contributed by atoms with Crippen LogP contribution >= 0.6 is 0 Å². The average molecular weight is 274 g/mol. The fourth-order valence-corrected chi connectivity index (χ4v) is 2.84. The largest absolute Gasteiger partial charge is 0.343 e. The summed E-state index contributed by atoms with van der Waals surface area (Å²) in [5.74, 6) is 0.304. The summed E-state index contributed by atoms with van der Waals surface area (Å²) in [7, 11) is 0. The summed E-state index contributed by atoms with van der Waals surface area (Å²) in [4.78, 5) is 14.0. The number of hydrogen-bond donors (Lipinski definition) is 1. The van der Waals surface area contributed by atoms with Crippen molar-refractivity contribution in [2.24, 2.45) is 0 Å². The molecule has 0 atom stereocenters. The van der Waals surface area contributed by atoms with Gasteiger partial charge in [-0.15, -0.1) is 0 Å². The highest BCUT2D eigenvalue weighted by molar-refractivity contribution is 5.76. The molecule has 0 bridgehead atoms. The lowest BCUT2D eigenvalue weighted by Gasteiger charge is -2.26. The molecule has 3 nitrogen and oxygen atoms in total. The highest BCUT2D eigenvalue weighted by Gasteiger charge is 2.15. The van der Waals surface area contributed by atoms with Crippen LogP contribution in [-0.4, -0.2) is 30.4 Å². The molecule has 1 N–H and O–H groups in total. The summed E-state index contributed by atoms with van der Waals surface area (Å²) in [6.07, 6.45) is 4.22. The Kier molecular flexibility index (Phi) is 5.60. The third kappa shape index (κ3) is 4.07. The maximum absolute atomic E-state index is 12.0. The lowest BCUT2D eigenvalue weighted by molar-refractivity contribution is -0.131. The van der Waals surface area contributed by atoms with E-state index >= 15 is 0 Å². The molecule has 1 fully saturated rings.